The quantitative estimate of drug-likeness (QED) is 0.885. The van der Waals surface area contributed by atoms with Gasteiger partial charge >= 0.3 is 5.97 Å². The number of carboxylic acid groups (broad SMARTS) is 1. The summed E-state index contributed by atoms with van der Waals surface area (Å²) in [6.07, 6.45) is 2.71. The summed E-state index contributed by atoms with van der Waals surface area (Å²) in [6, 6.07) is 1.41. The lowest BCUT2D eigenvalue weighted by Crippen LogP contribution is -1.97. The minimum absolute atomic E-state index is 0.0887. The maximum atomic E-state index is 10.7. The number of rotatable bonds is 3. The Morgan fingerprint density at radius 3 is 2.94 bits per heavy atom. The predicted octanol–water partition coefficient (Wildman–Crippen LogP) is 2.34. The summed E-state index contributed by atoms with van der Waals surface area (Å²) < 4.78 is 5.37. The van der Waals surface area contributed by atoms with Crippen molar-refractivity contribution in [2.24, 2.45) is 0 Å². The highest BCUT2D eigenvalue weighted by Gasteiger charge is 2.07. The number of ether oxygens (including phenoxy) is 1. The van der Waals surface area contributed by atoms with Gasteiger partial charge in [-0.3, -0.25) is 4.98 Å². The normalized spacial score (nSPS) is 10.1. The summed E-state index contributed by atoms with van der Waals surface area (Å²) in [4.78, 5) is 18.6. The van der Waals surface area contributed by atoms with Gasteiger partial charge in [-0.15, -0.1) is 0 Å². The molecule has 0 saturated heterocycles. The average molecular weight is 236 g/mol. The summed E-state index contributed by atoms with van der Waals surface area (Å²) in [6.45, 7) is 1.86. The monoisotopic (exact) mass is 236 g/mol. The van der Waals surface area contributed by atoms with E-state index in [2.05, 4.69) is 9.97 Å². The first-order valence-electron chi connectivity index (χ1n) is 4.43. The van der Waals surface area contributed by atoms with E-state index in [1.165, 1.54) is 29.8 Å². The van der Waals surface area contributed by atoms with Crippen LogP contribution in [-0.4, -0.2) is 21.0 Å². The van der Waals surface area contributed by atoms with Gasteiger partial charge < -0.3 is 9.84 Å². The fourth-order valence-corrected chi connectivity index (χ4v) is 1.74. The van der Waals surface area contributed by atoms with Crippen molar-refractivity contribution < 1.29 is 14.6 Å². The smallest absolute Gasteiger partial charge is 0.337 e. The Morgan fingerprint density at radius 2 is 2.31 bits per heavy atom. The van der Waals surface area contributed by atoms with Gasteiger partial charge in [-0.05, 0) is 13.0 Å². The Balaban J connectivity index is 2.21. The van der Waals surface area contributed by atoms with Crippen molar-refractivity contribution in [3.8, 4) is 10.9 Å². The van der Waals surface area contributed by atoms with E-state index in [-0.39, 0.29) is 5.56 Å². The van der Waals surface area contributed by atoms with Gasteiger partial charge in [0.15, 0.2) is 0 Å². The lowest BCUT2D eigenvalue weighted by atomic mass is 10.3. The molecule has 82 valence electrons. The zero-order valence-corrected chi connectivity index (χ0v) is 9.19. The molecule has 1 N–H and O–H groups in total. The number of hydrogen-bond acceptors (Lipinski definition) is 5. The lowest BCUT2D eigenvalue weighted by Gasteiger charge is -2.01. The van der Waals surface area contributed by atoms with Crippen molar-refractivity contribution in [3.05, 3.63) is 35.1 Å². The van der Waals surface area contributed by atoms with E-state index in [9.17, 15) is 4.79 Å². The van der Waals surface area contributed by atoms with Crippen molar-refractivity contribution in [2.45, 2.75) is 6.92 Å². The SMILES string of the molecule is Cc1csc(Oc2cncc(C(=O)O)c2)n1. The average Bonchev–Trinajstić information content (AvgIpc) is 2.64. The molecular formula is C10H8N2O3S. The number of aryl methyl sites for hydroxylation is 1. The second-order valence-corrected chi connectivity index (χ2v) is 3.89. The van der Waals surface area contributed by atoms with Crippen LogP contribution in [0.4, 0.5) is 0 Å². The standard InChI is InChI=1S/C10H8N2O3S/c1-6-5-16-10(12-6)15-8-2-7(9(13)14)3-11-4-8/h2-5H,1H3,(H,13,14). The molecule has 2 heterocycles. The van der Waals surface area contributed by atoms with E-state index in [4.69, 9.17) is 9.84 Å². The minimum atomic E-state index is -1.03. The first-order valence-corrected chi connectivity index (χ1v) is 5.31. The van der Waals surface area contributed by atoms with Crippen molar-refractivity contribution in [1.82, 2.24) is 9.97 Å². The van der Waals surface area contributed by atoms with E-state index in [0.29, 0.717) is 10.9 Å². The molecule has 16 heavy (non-hydrogen) atoms. The van der Waals surface area contributed by atoms with Crippen LogP contribution in [0.3, 0.4) is 0 Å². The molecule has 0 aromatic carbocycles. The molecule has 5 nitrogen and oxygen atoms in total. The minimum Gasteiger partial charge on any atom is -0.478 e. The molecule has 0 fully saturated rings. The number of pyridine rings is 1. The van der Waals surface area contributed by atoms with E-state index in [0.717, 1.165) is 5.69 Å². The van der Waals surface area contributed by atoms with Crippen molar-refractivity contribution >= 4 is 17.3 Å². The molecular weight excluding hydrogens is 228 g/mol. The highest BCUT2D eigenvalue weighted by atomic mass is 32.1. The molecule has 2 aromatic rings. The van der Waals surface area contributed by atoms with E-state index in [1.54, 1.807) is 0 Å². The third-order valence-electron chi connectivity index (χ3n) is 1.76. The topological polar surface area (TPSA) is 72.3 Å². The summed E-state index contributed by atoms with van der Waals surface area (Å²) in [5.41, 5.74) is 0.952. The highest BCUT2D eigenvalue weighted by Crippen LogP contribution is 2.24. The molecule has 0 amide bonds. The number of thiazole rings is 1. The maximum Gasteiger partial charge on any atom is 0.337 e. The fourth-order valence-electron chi connectivity index (χ4n) is 1.07. The third kappa shape index (κ3) is 2.34. The number of nitrogens with zero attached hydrogens (tertiary/aromatic N) is 2. The van der Waals surface area contributed by atoms with Gasteiger partial charge in [-0.25, -0.2) is 9.78 Å². The van der Waals surface area contributed by atoms with Crippen LogP contribution in [0.15, 0.2) is 23.8 Å². The van der Waals surface area contributed by atoms with E-state index >= 15 is 0 Å². The van der Waals surface area contributed by atoms with Crippen LogP contribution in [0.1, 0.15) is 16.1 Å². The molecule has 0 saturated carbocycles. The summed E-state index contributed by atoms with van der Waals surface area (Å²) in [5.74, 6) is -0.664. The first kappa shape index (κ1) is 10.6. The number of hydrogen-bond donors (Lipinski definition) is 1. The molecule has 2 rings (SSSR count). The van der Waals surface area contributed by atoms with Crippen molar-refractivity contribution in [2.75, 3.05) is 0 Å². The van der Waals surface area contributed by atoms with Gasteiger partial charge in [-0.2, -0.15) is 0 Å². The van der Waals surface area contributed by atoms with Crippen LogP contribution in [0.25, 0.3) is 0 Å². The van der Waals surface area contributed by atoms with Gasteiger partial charge in [0.2, 0.25) is 0 Å². The van der Waals surface area contributed by atoms with Crippen molar-refractivity contribution in [1.29, 1.82) is 0 Å². The second kappa shape index (κ2) is 4.28. The van der Waals surface area contributed by atoms with Crippen LogP contribution in [0.2, 0.25) is 0 Å². The summed E-state index contributed by atoms with van der Waals surface area (Å²) in [5, 5.41) is 11.1. The second-order valence-electron chi connectivity index (χ2n) is 3.07. The lowest BCUT2D eigenvalue weighted by molar-refractivity contribution is 0.0696. The van der Waals surface area contributed by atoms with Gasteiger partial charge in [0, 0.05) is 11.6 Å². The van der Waals surface area contributed by atoms with Gasteiger partial charge in [0.05, 0.1) is 17.5 Å². The van der Waals surface area contributed by atoms with Gasteiger partial charge in [0.25, 0.3) is 5.19 Å². The molecule has 0 radical (unpaired) electrons. The number of aromatic carboxylic acids is 1. The molecule has 0 aliphatic carbocycles. The fraction of sp³-hybridized carbons (Fsp3) is 0.100. The molecule has 0 unspecified atom stereocenters. The Bertz CT molecular complexity index is 524. The molecule has 2 aromatic heterocycles. The summed E-state index contributed by atoms with van der Waals surface area (Å²) >= 11 is 1.35. The Kier molecular flexibility index (Phi) is 2.82. The molecule has 0 aliphatic rings. The molecule has 0 bridgehead atoms. The van der Waals surface area contributed by atoms with Crippen LogP contribution >= 0.6 is 11.3 Å². The van der Waals surface area contributed by atoms with Gasteiger partial charge in [0.1, 0.15) is 5.75 Å². The number of aromatic nitrogens is 2. The zero-order valence-electron chi connectivity index (χ0n) is 8.38. The van der Waals surface area contributed by atoms with E-state index < -0.39 is 5.97 Å². The van der Waals surface area contributed by atoms with E-state index in [1.807, 2.05) is 12.3 Å². The molecule has 0 atom stereocenters. The molecule has 6 heteroatoms. The number of carbonyl (C=O) groups is 1. The van der Waals surface area contributed by atoms with Crippen LogP contribution < -0.4 is 4.74 Å². The predicted molar refractivity (Wildman–Crippen MR) is 58.1 cm³/mol. The maximum absolute atomic E-state index is 10.7. The highest BCUT2D eigenvalue weighted by molar-refractivity contribution is 7.11. The Morgan fingerprint density at radius 1 is 1.50 bits per heavy atom. The Hall–Kier alpha value is -1.95. The van der Waals surface area contributed by atoms with Crippen LogP contribution in [0.5, 0.6) is 10.9 Å². The summed E-state index contributed by atoms with van der Waals surface area (Å²) in [7, 11) is 0. The van der Waals surface area contributed by atoms with Crippen LogP contribution in [0, 0.1) is 6.92 Å². The van der Waals surface area contributed by atoms with Crippen molar-refractivity contribution in [3.63, 3.8) is 0 Å². The first-order chi connectivity index (χ1) is 7.65. The molecule has 0 spiro atoms. The number of carboxylic acids is 1. The van der Waals surface area contributed by atoms with Crippen LogP contribution in [-0.2, 0) is 0 Å². The molecule has 0 aliphatic heterocycles. The largest absolute Gasteiger partial charge is 0.478 e. The van der Waals surface area contributed by atoms with Gasteiger partial charge in [-0.1, -0.05) is 11.3 Å². The Labute approximate surface area is 95.4 Å². The zero-order chi connectivity index (χ0) is 11.5. The third-order valence-corrected chi connectivity index (χ3v) is 2.60.